The van der Waals surface area contributed by atoms with E-state index in [-0.39, 0.29) is 5.75 Å². The van der Waals surface area contributed by atoms with Crippen LogP contribution in [0.15, 0.2) is 65.6 Å². The van der Waals surface area contributed by atoms with E-state index in [1.807, 2.05) is 44.4 Å². The zero-order valence-corrected chi connectivity index (χ0v) is 18.1. The number of anilines is 1. The predicted octanol–water partition coefficient (Wildman–Crippen LogP) is 5.85. The number of carbonyl (C=O) groups excluding carboxylic acids is 1. The largest absolute Gasteiger partial charge is 0.508 e. The van der Waals surface area contributed by atoms with Crippen LogP contribution >= 0.6 is 11.8 Å². The standard InChI is InChI=1S/C23H27NO5S/c1-23(2,15-5-4-6-20(26)27)21(16-7-11-18(25)12-8-16)29-22(28)24-17-9-13-19(30-3)14-10-17/h4,6-14,21,25H,5,15H2,1-3H3,(H,24,28)(H,26,27)/b6-4+/t21-/m1/s1. The molecule has 2 aromatic carbocycles. The fourth-order valence-electron chi connectivity index (χ4n) is 3.03. The fraction of sp³-hybridized carbons (Fsp3) is 0.304. The number of thioether (sulfide) groups is 1. The third-order valence-electron chi connectivity index (χ3n) is 4.68. The van der Waals surface area contributed by atoms with Crippen LogP contribution in [-0.4, -0.2) is 28.5 Å². The Labute approximate surface area is 181 Å². The third kappa shape index (κ3) is 7.15. The molecule has 3 N–H and O–H groups in total. The molecule has 2 rings (SSSR count). The monoisotopic (exact) mass is 429 g/mol. The first kappa shape index (κ1) is 23.3. The first-order chi connectivity index (χ1) is 14.2. The number of rotatable bonds is 9. The van der Waals surface area contributed by atoms with E-state index in [0.29, 0.717) is 18.5 Å². The molecule has 0 heterocycles. The Morgan fingerprint density at radius 2 is 1.77 bits per heavy atom. The molecule has 0 saturated carbocycles. The molecule has 0 fully saturated rings. The minimum Gasteiger partial charge on any atom is -0.508 e. The average Bonchev–Trinajstić information content (AvgIpc) is 2.70. The minimum absolute atomic E-state index is 0.123. The maximum atomic E-state index is 12.6. The van der Waals surface area contributed by atoms with Crippen LogP contribution in [0, 0.1) is 5.41 Å². The Hall–Kier alpha value is -2.93. The van der Waals surface area contributed by atoms with Gasteiger partial charge in [-0.3, -0.25) is 5.32 Å². The van der Waals surface area contributed by atoms with Gasteiger partial charge in [0.05, 0.1) is 0 Å². The number of aliphatic carboxylic acids is 1. The van der Waals surface area contributed by atoms with Crippen molar-refractivity contribution < 1.29 is 24.5 Å². The first-order valence-electron chi connectivity index (χ1n) is 9.51. The predicted molar refractivity (Wildman–Crippen MR) is 119 cm³/mol. The van der Waals surface area contributed by atoms with Crippen LogP contribution in [0.5, 0.6) is 5.75 Å². The minimum atomic E-state index is -0.994. The van der Waals surface area contributed by atoms with E-state index in [0.717, 1.165) is 16.5 Å². The fourth-order valence-corrected chi connectivity index (χ4v) is 3.44. The lowest BCUT2D eigenvalue weighted by Gasteiger charge is -2.34. The molecule has 1 amide bonds. The number of phenolic OH excluding ortho intramolecular Hbond substituents is 1. The maximum Gasteiger partial charge on any atom is 0.412 e. The summed E-state index contributed by atoms with van der Waals surface area (Å²) in [6.07, 6.45) is 4.61. The number of phenols is 1. The number of nitrogens with one attached hydrogen (secondary N) is 1. The molecule has 1 atom stereocenters. The van der Waals surface area contributed by atoms with Gasteiger partial charge in [0.2, 0.25) is 0 Å². The highest BCUT2D eigenvalue weighted by Crippen LogP contribution is 2.41. The topological polar surface area (TPSA) is 95.9 Å². The molecular formula is C23H27NO5S. The van der Waals surface area contributed by atoms with Gasteiger partial charge in [0.1, 0.15) is 11.9 Å². The van der Waals surface area contributed by atoms with Gasteiger partial charge >= 0.3 is 12.1 Å². The lowest BCUT2D eigenvalue weighted by Crippen LogP contribution is -2.29. The van der Waals surface area contributed by atoms with Gasteiger partial charge in [0.25, 0.3) is 0 Å². The Kier molecular flexibility index (Phi) is 8.35. The highest BCUT2D eigenvalue weighted by Gasteiger charge is 2.33. The van der Waals surface area contributed by atoms with Crippen molar-refractivity contribution in [1.82, 2.24) is 0 Å². The highest BCUT2D eigenvalue weighted by molar-refractivity contribution is 7.98. The number of benzene rings is 2. The summed E-state index contributed by atoms with van der Waals surface area (Å²) in [5.74, 6) is -0.871. The molecule has 0 aromatic heterocycles. The Bertz CT molecular complexity index is 875. The number of carboxylic acid groups (broad SMARTS) is 1. The van der Waals surface area contributed by atoms with E-state index >= 15 is 0 Å². The van der Waals surface area contributed by atoms with Crippen molar-refractivity contribution in [3.63, 3.8) is 0 Å². The quantitative estimate of drug-likeness (QED) is 0.342. The molecule has 0 aliphatic rings. The molecule has 2 aromatic rings. The highest BCUT2D eigenvalue weighted by atomic mass is 32.2. The molecule has 0 bridgehead atoms. The maximum absolute atomic E-state index is 12.6. The second-order valence-electron chi connectivity index (χ2n) is 7.50. The molecule has 0 aliphatic carbocycles. The van der Waals surface area contributed by atoms with Crippen molar-refractivity contribution >= 4 is 29.5 Å². The van der Waals surface area contributed by atoms with Crippen LogP contribution in [0.4, 0.5) is 10.5 Å². The Morgan fingerprint density at radius 3 is 2.33 bits per heavy atom. The van der Waals surface area contributed by atoms with E-state index in [1.54, 1.807) is 42.1 Å². The van der Waals surface area contributed by atoms with Crippen LogP contribution < -0.4 is 5.32 Å². The van der Waals surface area contributed by atoms with E-state index < -0.39 is 23.6 Å². The zero-order chi connectivity index (χ0) is 22.1. The summed E-state index contributed by atoms with van der Waals surface area (Å²) in [4.78, 5) is 24.4. The number of aromatic hydroxyl groups is 1. The summed E-state index contributed by atoms with van der Waals surface area (Å²) in [6.45, 7) is 3.92. The van der Waals surface area contributed by atoms with Gasteiger partial charge < -0.3 is 14.9 Å². The van der Waals surface area contributed by atoms with E-state index in [2.05, 4.69) is 5.32 Å². The first-order valence-corrected chi connectivity index (χ1v) is 10.7. The van der Waals surface area contributed by atoms with Gasteiger partial charge in [-0.25, -0.2) is 9.59 Å². The van der Waals surface area contributed by atoms with Crippen LogP contribution in [0.25, 0.3) is 0 Å². The van der Waals surface area contributed by atoms with Crippen molar-refractivity contribution in [2.45, 2.75) is 37.7 Å². The molecule has 0 spiro atoms. The lowest BCUT2D eigenvalue weighted by molar-refractivity contribution is -0.131. The second-order valence-corrected chi connectivity index (χ2v) is 8.38. The number of carbonyl (C=O) groups is 2. The molecule has 0 radical (unpaired) electrons. The molecular weight excluding hydrogens is 402 g/mol. The van der Waals surface area contributed by atoms with Crippen molar-refractivity contribution in [3.8, 4) is 5.75 Å². The number of hydrogen-bond acceptors (Lipinski definition) is 5. The second kappa shape index (κ2) is 10.7. The van der Waals surface area contributed by atoms with Gasteiger partial charge in [-0.2, -0.15) is 0 Å². The van der Waals surface area contributed by atoms with Crippen LogP contribution in [-0.2, 0) is 9.53 Å². The van der Waals surface area contributed by atoms with E-state index in [4.69, 9.17) is 9.84 Å². The number of amides is 1. The summed E-state index contributed by atoms with van der Waals surface area (Å²) in [5, 5.41) is 21.1. The summed E-state index contributed by atoms with van der Waals surface area (Å²) >= 11 is 1.61. The van der Waals surface area contributed by atoms with Crippen LogP contribution in [0.3, 0.4) is 0 Å². The summed E-state index contributed by atoms with van der Waals surface area (Å²) in [5.41, 5.74) is 0.886. The van der Waals surface area contributed by atoms with Gasteiger partial charge in [-0.15, -0.1) is 11.8 Å². The normalized spacial score (nSPS) is 12.5. The summed E-state index contributed by atoms with van der Waals surface area (Å²) in [7, 11) is 0. The van der Waals surface area contributed by atoms with Gasteiger partial charge in [-0.05, 0) is 61.1 Å². The zero-order valence-electron chi connectivity index (χ0n) is 17.3. The lowest BCUT2D eigenvalue weighted by atomic mass is 9.78. The van der Waals surface area contributed by atoms with E-state index in [1.165, 1.54) is 0 Å². The molecule has 0 unspecified atom stereocenters. The van der Waals surface area contributed by atoms with Gasteiger partial charge in [0, 0.05) is 22.1 Å². The summed E-state index contributed by atoms with van der Waals surface area (Å²) in [6, 6.07) is 14.0. The van der Waals surface area contributed by atoms with Crippen molar-refractivity contribution in [2.24, 2.45) is 5.41 Å². The number of hydrogen-bond donors (Lipinski definition) is 3. The van der Waals surface area contributed by atoms with E-state index in [9.17, 15) is 14.7 Å². The number of ether oxygens (including phenoxy) is 1. The molecule has 160 valence electrons. The van der Waals surface area contributed by atoms with Gasteiger partial charge in [-0.1, -0.05) is 32.1 Å². The molecule has 7 heteroatoms. The van der Waals surface area contributed by atoms with Crippen molar-refractivity contribution in [1.29, 1.82) is 0 Å². The Balaban J connectivity index is 2.16. The SMILES string of the molecule is CSc1ccc(NC(=O)O[C@H](c2ccc(O)cc2)C(C)(C)CC/C=C/C(=O)O)cc1. The van der Waals surface area contributed by atoms with Crippen molar-refractivity contribution in [3.05, 3.63) is 66.2 Å². The van der Waals surface area contributed by atoms with Crippen molar-refractivity contribution in [2.75, 3.05) is 11.6 Å². The molecule has 6 nitrogen and oxygen atoms in total. The smallest absolute Gasteiger partial charge is 0.412 e. The molecule has 30 heavy (non-hydrogen) atoms. The summed E-state index contributed by atoms with van der Waals surface area (Å²) < 4.78 is 5.80. The number of carboxylic acids is 1. The molecule has 0 aliphatic heterocycles. The van der Waals surface area contributed by atoms with Gasteiger partial charge in [0.15, 0.2) is 0 Å². The average molecular weight is 430 g/mol. The van der Waals surface area contributed by atoms with Crippen LogP contribution in [0.2, 0.25) is 0 Å². The Morgan fingerprint density at radius 1 is 1.13 bits per heavy atom. The molecule has 0 saturated heterocycles. The van der Waals surface area contributed by atoms with Crippen LogP contribution in [0.1, 0.15) is 38.4 Å². The third-order valence-corrected chi connectivity index (χ3v) is 5.43. The number of allylic oxidation sites excluding steroid dienone is 1.